The number of allylic oxidation sites excluding steroid dienone is 1. The van der Waals surface area contributed by atoms with Crippen LogP contribution in [0.3, 0.4) is 0 Å². The van der Waals surface area contributed by atoms with Gasteiger partial charge in [0.05, 0.1) is 5.69 Å². The molecule has 18 heavy (non-hydrogen) atoms. The fourth-order valence-corrected chi connectivity index (χ4v) is 1.82. The molecule has 1 heterocycles. The van der Waals surface area contributed by atoms with Crippen LogP contribution >= 0.6 is 0 Å². The number of amides is 1. The summed E-state index contributed by atoms with van der Waals surface area (Å²) in [5.74, 6) is -0.589. The Labute approximate surface area is 104 Å². The van der Waals surface area contributed by atoms with E-state index < -0.39 is 5.97 Å². The summed E-state index contributed by atoms with van der Waals surface area (Å²) in [5.41, 5.74) is 2.04. The van der Waals surface area contributed by atoms with Gasteiger partial charge in [0.1, 0.15) is 5.75 Å². The molecule has 0 saturated carbocycles. The molecule has 0 saturated heterocycles. The number of hydrogen-bond donors (Lipinski definition) is 2. The summed E-state index contributed by atoms with van der Waals surface area (Å²) in [7, 11) is 0. The van der Waals surface area contributed by atoms with Gasteiger partial charge in [-0.05, 0) is 29.7 Å². The molecular formula is C13H13NO4. The predicted molar refractivity (Wildman–Crippen MR) is 66.5 cm³/mol. The van der Waals surface area contributed by atoms with Crippen molar-refractivity contribution in [3.05, 3.63) is 29.8 Å². The molecular weight excluding hydrogens is 234 g/mol. The molecule has 1 amide bonds. The largest absolute Gasteiger partial charge is 0.482 e. The van der Waals surface area contributed by atoms with Crippen LogP contribution in [0.4, 0.5) is 5.69 Å². The summed E-state index contributed by atoms with van der Waals surface area (Å²) in [6.45, 7) is 1.89. The molecule has 2 N–H and O–H groups in total. The van der Waals surface area contributed by atoms with E-state index in [9.17, 15) is 9.59 Å². The highest BCUT2D eigenvalue weighted by Gasteiger charge is 2.16. The number of fused-ring (bicyclic) bond motifs is 1. The van der Waals surface area contributed by atoms with Crippen LogP contribution in [0.1, 0.15) is 18.9 Å². The minimum absolute atomic E-state index is 0.0119. The van der Waals surface area contributed by atoms with Crippen molar-refractivity contribution in [2.75, 3.05) is 11.9 Å². The van der Waals surface area contributed by atoms with Gasteiger partial charge in [0.2, 0.25) is 0 Å². The van der Waals surface area contributed by atoms with Crippen molar-refractivity contribution in [3.8, 4) is 5.75 Å². The SMILES string of the molecule is CC/C(=C\C(=O)O)c1ccc2c(c1)NC(=O)CO2. The van der Waals surface area contributed by atoms with Gasteiger partial charge in [0.15, 0.2) is 6.61 Å². The smallest absolute Gasteiger partial charge is 0.328 e. The average Bonchev–Trinajstić information content (AvgIpc) is 2.34. The first kappa shape index (κ1) is 12.2. The Kier molecular flexibility index (Phi) is 3.32. The minimum Gasteiger partial charge on any atom is -0.482 e. The lowest BCUT2D eigenvalue weighted by Crippen LogP contribution is -2.25. The van der Waals surface area contributed by atoms with E-state index in [-0.39, 0.29) is 12.5 Å². The standard InChI is InChI=1S/C13H13NO4/c1-2-8(6-13(16)17)9-3-4-11-10(5-9)14-12(15)7-18-11/h3-6H,2,7H2,1H3,(H,14,15)(H,16,17)/b8-6+. The monoisotopic (exact) mass is 247 g/mol. The predicted octanol–water partition coefficient (Wildman–Crippen LogP) is 1.90. The lowest BCUT2D eigenvalue weighted by atomic mass is 10.0. The minimum atomic E-state index is -0.982. The number of benzene rings is 1. The molecule has 2 rings (SSSR count). The van der Waals surface area contributed by atoms with Gasteiger partial charge in [-0.25, -0.2) is 4.79 Å². The van der Waals surface area contributed by atoms with Crippen LogP contribution in [0.5, 0.6) is 5.75 Å². The maximum Gasteiger partial charge on any atom is 0.328 e. The third kappa shape index (κ3) is 2.51. The van der Waals surface area contributed by atoms with Gasteiger partial charge in [-0.15, -0.1) is 0 Å². The topological polar surface area (TPSA) is 75.6 Å². The van der Waals surface area contributed by atoms with Crippen LogP contribution in [-0.2, 0) is 9.59 Å². The van der Waals surface area contributed by atoms with E-state index in [1.807, 2.05) is 6.92 Å². The summed E-state index contributed by atoms with van der Waals surface area (Å²) in [4.78, 5) is 21.9. The molecule has 0 spiro atoms. The van der Waals surface area contributed by atoms with Crippen LogP contribution in [-0.4, -0.2) is 23.6 Å². The molecule has 0 radical (unpaired) electrons. The first-order valence-electron chi connectivity index (χ1n) is 5.60. The molecule has 0 fully saturated rings. The van der Waals surface area contributed by atoms with E-state index in [1.165, 1.54) is 6.08 Å². The van der Waals surface area contributed by atoms with Crippen LogP contribution in [0.15, 0.2) is 24.3 Å². The Morgan fingerprint density at radius 1 is 1.56 bits per heavy atom. The Bertz CT molecular complexity index is 534. The van der Waals surface area contributed by atoms with E-state index in [0.717, 1.165) is 5.56 Å². The normalized spacial score (nSPS) is 14.5. The molecule has 5 heteroatoms. The van der Waals surface area contributed by atoms with E-state index in [2.05, 4.69) is 5.32 Å². The van der Waals surface area contributed by atoms with E-state index >= 15 is 0 Å². The van der Waals surface area contributed by atoms with Crippen molar-refractivity contribution < 1.29 is 19.4 Å². The van der Waals surface area contributed by atoms with Gasteiger partial charge in [-0.1, -0.05) is 13.0 Å². The molecule has 1 aromatic carbocycles. The number of aliphatic carboxylic acids is 1. The molecule has 1 aliphatic rings. The Morgan fingerprint density at radius 2 is 2.33 bits per heavy atom. The van der Waals surface area contributed by atoms with Crippen molar-refractivity contribution in [2.45, 2.75) is 13.3 Å². The zero-order valence-corrected chi connectivity index (χ0v) is 9.90. The maximum absolute atomic E-state index is 11.2. The highest BCUT2D eigenvalue weighted by atomic mass is 16.5. The van der Waals surface area contributed by atoms with Gasteiger partial charge in [-0.3, -0.25) is 4.79 Å². The second-order valence-corrected chi connectivity index (χ2v) is 3.91. The number of ether oxygens (including phenoxy) is 1. The summed E-state index contributed by atoms with van der Waals surface area (Å²) in [6, 6.07) is 5.24. The highest BCUT2D eigenvalue weighted by Crippen LogP contribution is 2.31. The summed E-state index contributed by atoms with van der Waals surface area (Å²) in [6.07, 6.45) is 1.77. The first-order valence-corrected chi connectivity index (χ1v) is 5.60. The number of nitrogens with one attached hydrogen (secondary N) is 1. The molecule has 1 aromatic rings. The quantitative estimate of drug-likeness (QED) is 0.800. The number of rotatable bonds is 3. The van der Waals surface area contributed by atoms with Crippen molar-refractivity contribution >= 4 is 23.1 Å². The lowest BCUT2D eigenvalue weighted by molar-refractivity contribution is -0.131. The number of hydrogen-bond acceptors (Lipinski definition) is 3. The average molecular weight is 247 g/mol. The summed E-state index contributed by atoms with van der Waals surface area (Å²) in [5, 5.41) is 11.5. The maximum atomic E-state index is 11.2. The fourth-order valence-electron chi connectivity index (χ4n) is 1.82. The third-order valence-corrected chi connectivity index (χ3v) is 2.66. The van der Waals surface area contributed by atoms with E-state index in [1.54, 1.807) is 18.2 Å². The highest BCUT2D eigenvalue weighted by molar-refractivity contribution is 5.96. The molecule has 0 aromatic heterocycles. The van der Waals surface area contributed by atoms with E-state index in [4.69, 9.17) is 9.84 Å². The lowest BCUT2D eigenvalue weighted by Gasteiger charge is -2.18. The molecule has 0 unspecified atom stereocenters. The van der Waals surface area contributed by atoms with Gasteiger partial charge in [0, 0.05) is 6.08 Å². The number of anilines is 1. The van der Waals surface area contributed by atoms with Crippen molar-refractivity contribution in [2.24, 2.45) is 0 Å². The van der Waals surface area contributed by atoms with Crippen molar-refractivity contribution in [1.82, 2.24) is 0 Å². The molecule has 5 nitrogen and oxygen atoms in total. The fraction of sp³-hybridized carbons (Fsp3) is 0.231. The molecule has 1 aliphatic heterocycles. The molecule has 94 valence electrons. The second kappa shape index (κ2) is 4.91. The Hall–Kier alpha value is -2.30. The van der Waals surface area contributed by atoms with Gasteiger partial charge < -0.3 is 15.2 Å². The Balaban J connectivity index is 2.38. The zero-order chi connectivity index (χ0) is 13.1. The third-order valence-electron chi connectivity index (χ3n) is 2.66. The van der Waals surface area contributed by atoms with Crippen LogP contribution < -0.4 is 10.1 Å². The number of carboxylic acid groups (broad SMARTS) is 1. The Morgan fingerprint density at radius 3 is 3.00 bits per heavy atom. The summed E-state index contributed by atoms with van der Waals surface area (Å²) < 4.78 is 5.24. The number of carbonyl (C=O) groups excluding carboxylic acids is 1. The zero-order valence-electron chi connectivity index (χ0n) is 9.90. The first-order chi connectivity index (χ1) is 8.60. The number of carbonyl (C=O) groups is 2. The molecule has 0 atom stereocenters. The van der Waals surface area contributed by atoms with Gasteiger partial charge in [0.25, 0.3) is 5.91 Å². The van der Waals surface area contributed by atoms with Crippen LogP contribution in [0, 0.1) is 0 Å². The van der Waals surface area contributed by atoms with Gasteiger partial charge >= 0.3 is 5.97 Å². The van der Waals surface area contributed by atoms with Crippen LogP contribution in [0.2, 0.25) is 0 Å². The van der Waals surface area contributed by atoms with Crippen molar-refractivity contribution in [1.29, 1.82) is 0 Å². The van der Waals surface area contributed by atoms with E-state index in [0.29, 0.717) is 23.4 Å². The summed E-state index contributed by atoms with van der Waals surface area (Å²) >= 11 is 0. The molecule has 0 bridgehead atoms. The number of carboxylic acids is 1. The van der Waals surface area contributed by atoms with Crippen LogP contribution in [0.25, 0.3) is 5.57 Å². The van der Waals surface area contributed by atoms with Crippen molar-refractivity contribution in [3.63, 3.8) is 0 Å². The molecule has 0 aliphatic carbocycles. The second-order valence-electron chi connectivity index (χ2n) is 3.91. The van der Waals surface area contributed by atoms with Gasteiger partial charge in [-0.2, -0.15) is 0 Å².